The van der Waals surface area contributed by atoms with Crippen LogP contribution >= 0.6 is 0 Å². The van der Waals surface area contributed by atoms with E-state index in [4.69, 9.17) is 4.74 Å². The molecule has 0 aliphatic heterocycles. The molecule has 2 heteroatoms. The molecule has 0 bridgehead atoms. The lowest BCUT2D eigenvalue weighted by atomic mass is 9.74. The number of hydrogen-bond donors (Lipinski definition) is 1. The summed E-state index contributed by atoms with van der Waals surface area (Å²) in [6.45, 7) is 5.10. The van der Waals surface area contributed by atoms with Crippen LogP contribution in [0.3, 0.4) is 0 Å². The molecule has 1 saturated carbocycles. The van der Waals surface area contributed by atoms with Gasteiger partial charge in [0.25, 0.3) is 0 Å². The summed E-state index contributed by atoms with van der Waals surface area (Å²) in [4.78, 5) is 0. The number of rotatable bonds is 5. The monoisotopic (exact) mass is 262 g/mol. The second-order valence-corrected chi connectivity index (χ2v) is 5.76. The number of aliphatic hydroxyl groups is 1. The average Bonchev–Trinajstić information content (AvgIpc) is 2.46. The Morgan fingerprint density at radius 1 is 1.16 bits per heavy atom. The van der Waals surface area contributed by atoms with Crippen LogP contribution in [-0.4, -0.2) is 11.7 Å². The molecule has 1 aromatic rings. The average molecular weight is 262 g/mol. The number of ether oxygens (including phenoxy) is 1. The summed E-state index contributed by atoms with van der Waals surface area (Å²) < 4.78 is 5.58. The normalized spacial score (nSPS) is 27.2. The minimum Gasteiger partial charge on any atom is -0.494 e. The van der Waals surface area contributed by atoms with Crippen LogP contribution in [0.4, 0.5) is 0 Å². The molecule has 0 radical (unpaired) electrons. The van der Waals surface area contributed by atoms with Crippen molar-refractivity contribution in [3.63, 3.8) is 0 Å². The predicted octanol–water partition coefficient (Wildman–Crippen LogP) is 4.26. The molecule has 0 unspecified atom stereocenters. The molecule has 106 valence electrons. The van der Waals surface area contributed by atoms with Crippen molar-refractivity contribution in [2.24, 2.45) is 5.92 Å². The molecule has 0 heterocycles. The lowest BCUT2D eigenvalue weighted by molar-refractivity contribution is -0.0146. The number of hydrogen-bond acceptors (Lipinski definition) is 2. The van der Waals surface area contributed by atoms with E-state index in [0.29, 0.717) is 0 Å². The summed E-state index contributed by atoms with van der Waals surface area (Å²) in [5.41, 5.74) is 0.431. The Kier molecular flexibility index (Phi) is 4.87. The Balaban J connectivity index is 2.01. The van der Waals surface area contributed by atoms with Crippen LogP contribution in [0.15, 0.2) is 24.3 Å². The molecule has 19 heavy (non-hydrogen) atoms. The highest BCUT2D eigenvalue weighted by atomic mass is 16.5. The van der Waals surface area contributed by atoms with Gasteiger partial charge in [0.15, 0.2) is 0 Å². The van der Waals surface area contributed by atoms with E-state index >= 15 is 0 Å². The van der Waals surface area contributed by atoms with Crippen molar-refractivity contribution >= 4 is 0 Å². The minimum atomic E-state index is -0.616. The molecule has 1 aliphatic rings. The van der Waals surface area contributed by atoms with Gasteiger partial charge in [0.05, 0.1) is 12.2 Å². The van der Waals surface area contributed by atoms with E-state index < -0.39 is 5.60 Å². The van der Waals surface area contributed by atoms with Crippen LogP contribution in [0, 0.1) is 5.92 Å². The van der Waals surface area contributed by atoms with Crippen LogP contribution in [0.5, 0.6) is 5.75 Å². The topological polar surface area (TPSA) is 29.5 Å². The quantitative estimate of drug-likeness (QED) is 0.859. The molecular formula is C17H26O2. The maximum Gasteiger partial charge on any atom is 0.119 e. The first-order chi connectivity index (χ1) is 9.18. The van der Waals surface area contributed by atoms with Crippen LogP contribution < -0.4 is 4.74 Å². The van der Waals surface area contributed by atoms with Crippen LogP contribution in [0.2, 0.25) is 0 Å². The zero-order valence-electron chi connectivity index (χ0n) is 12.2. The van der Waals surface area contributed by atoms with E-state index in [0.717, 1.165) is 55.9 Å². The van der Waals surface area contributed by atoms with Gasteiger partial charge in [0.2, 0.25) is 0 Å². The molecule has 2 nitrogen and oxygen atoms in total. The van der Waals surface area contributed by atoms with Crippen molar-refractivity contribution in [3.8, 4) is 5.75 Å². The van der Waals surface area contributed by atoms with E-state index in [1.165, 1.54) is 6.42 Å². The van der Waals surface area contributed by atoms with Gasteiger partial charge in [-0.25, -0.2) is 0 Å². The van der Waals surface area contributed by atoms with E-state index in [1.54, 1.807) is 0 Å². The first-order valence-corrected chi connectivity index (χ1v) is 7.63. The van der Waals surface area contributed by atoms with Crippen molar-refractivity contribution in [1.29, 1.82) is 0 Å². The first kappa shape index (κ1) is 14.4. The molecule has 1 fully saturated rings. The fourth-order valence-electron chi connectivity index (χ4n) is 2.93. The van der Waals surface area contributed by atoms with E-state index in [9.17, 15) is 5.11 Å². The fourth-order valence-corrected chi connectivity index (χ4v) is 2.93. The molecule has 0 atom stereocenters. The van der Waals surface area contributed by atoms with Crippen molar-refractivity contribution in [2.45, 2.75) is 58.0 Å². The second-order valence-electron chi connectivity index (χ2n) is 5.76. The van der Waals surface area contributed by atoms with Gasteiger partial charge in [0, 0.05) is 0 Å². The maximum atomic E-state index is 10.8. The van der Waals surface area contributed by atoms with Gasteiger partial charge in [-0.2, -0.15) is 0 Å². The Labute approximate surface area is 116 Å². The molecule has 1 aliphatic carbocycles. The summed E-state index contributed by atoms with van der Waals surface area (Å²) in [6.07, 6.45) is 6.31. The molecule has 1 aromatic carbocycles. The first-order valence-electron chi connectivity index (χ1n) is 7.63. The molecular weight excluding hydrogens is 236 g/mol. The van der Waals surface area contributed by atoms with Gasteiger partial charge in [0.1, 0.15) is 5.75 Å². The van der Waals surface area contributed by atoms with Crippen LogP contribution in [0.25, 0.3) is 0 Å². The zero-order chi connectivity index (χ0) is 13.7. The van der Waals surface area contributed by atoms with Gasteiger partial charge < -0.3 is 9.84 Å². The summed E-state index contributed by atoms with van der Waals surface area (Å²) >= 11 is 0. The maximum absolute atomic E-state index is 10.8. The Hall–Kier alpha value is -1.02. The van der Waals surface area contributed by atoms with E-state index in [1.807, 2.05) is 24.3 Å². The van der Waals surface area contributed by atoms with Crippen LogP contribution in [0.1, 0.15) is 57.9 Å². The second kappa shape index (κ2) is 6.42. The smallest absolute Gasteiger partial charge is 0.119 e. The molecule has 0 saturated heterocycles. The summed E-state index contributed by atoms with van der Waals surface area (Å²) in [5.74, 6) is 1.70. The van der Waals surface area contributed by atoms with Crippen molar-refractivity contribution in [2.75, 3.05) is 6.61 Å². The summed E-state index contributed by atoms with van der Waals surface area (Å²) in [6, 6.07) is 8.01. The molecule has 1 N–H and O–H groups in total. The van der Waals surface area contributed by atoms with E-state index in [-0.39, 0.29) is 0 Å². The third kappa shape index (κ3) is 3.50. The predicted molar refractivity (Wildman–Crippen MR) is 78.4 cm³/mol. The van der Waals surface area contributed by atoms with Gasteiger partial charge >= 0.3 is 0 Å². The van der Waals surface area contributed by atoms with Crippen LogP contribution in [-0.2, 0) is 5.60 Å². The van der Waals surface area contributed by atoms with Crippen molar-refractivity contribution in [1.82, 2.24) is 0 Å². The van der Waals surface area contributed by atoms with Crippen molar-refractivity contribution < 1.29 is 9.84 Å². The van der Waals surface area contributed by atoms with Gasteiger partial charge in [-0.3, -0.25) is 0 Å². The van der Waals surface area contributed by atoms with Gasteiger partial charge in [-0.05, 0) is 55.7 Å². The lowest BCUT2D eigenvalue weighted by Crippen LogP contribution is -2.31. The minimum absolute atomic E-state index is 0.616. The summed E-state index contributed by atoms with van der Waals surface area (Å²) in [7, 11) is 0. The zero-order valence-corrected chi connectivity index (χ0v) is 12.2. The highest BCUT2D eigenvalue weighted by Crippen LogP contribution is 2.40. The molecule has 2 rings (SSSR count). The Bertz CT molecular complexity index is 375. The lowest BCUT2D eigenvalue weighted by Gasteiger charge is -2.36. The Morgan fingerprint density at radius 3 is 2.32 bits per heavy atom. The van der Waals surface area contributed by atoms with E-state index in [2.05, 4.69) is 13.8 Å². The molecule has 0 amide bonds. The largest absolute Gasteiger partial charge is 0.494 e. The highest BCUT2D eigenvalue weighted by molar-refractivity contribution is 5.31. The van der Waals surface area contributed by atoms with Gasteiger partial charge in [-0.15, -0.1) is 0 Å². The third-order valence-corrected chi connectivity index (χ3v) is 4.37. The molecule has 0 aromatic heterocycles. The fraction of sp³-hybridized carbons (Fsp3) is 0.647. The van der Waals surface area contributed by atoms with Crippen molar-refractivity contribution in [3.05, 3.63) is 29.8 Å². The SMILES string of the molecule is CCCOc1ccc(C2(O)CCC(CC)CC2)cc1. The third-order valence-electron chi connectivity index (χ3n) is 4.37. The standard InChI is InChI=1S/C17H26O2/c1-3-13-19-16-7-5-15(6-8-16)17(18)11-9-14(4-2)10-12-17/h5-8,14,18H,3-4,9-13H2,1-2H3. The summed E-state index contributed by atoms with van der Waals surface area (Å²) in [5, 5.41) is 10.8. The van der Waals surface area contributed by atoms with Gasteiger partial charge in [-0.1, -0.05) is 32.4 Å². The Morgan fingerprint density at radius 2 is 1.79 bits per heavy atom. The highest BCUT2D eigenvalue weighted by Gasteiger charge is 2.34. The molecule has 0 spiro atoms. The number of benzene rings is 1.